The average molecular weight is 330 g/mol. The topological polar surface area (TPSA) is 40.6 Å². The molecule has 1 heterocycles. The van der Waals surface area contributed by atoms with Crippen LogP contribution in [0.4, 0.5) is 0 Å². The zero-order valence-electron chi connectivity index (χ0n) is 15.7. The van der Waals surface area contributed by atoms with Gasteiger partial charge in [0.2, 0.25) is 11.8 Å². The number of amides is 2. The van der Waals surface area contributed by atoms with Crippen molar-refractivity contribution in [3.63, 3.8) is 0 Å². The van der Waals surface area contributed by atoms with E-state index < -0.39 is 0 Å². The summed E-state index contributed by atoms with van der Waals surface area (Å²) in [5.41, 5.74) is 3.08. The normalized spacial score (nSPS) is 16.0. The summed E-state index contributed by atoms with van der Waals surface area (Å²) >= 11 is 0. The molecule has 1 aliphatic heterocycles. The molecule has 0 saturated carbocycles. The maximum absolute atomic E-state index is 12.7. The molecule has 0 unspecified atom stereocenters. The highest BCUT2D eigenvalue weighted by Gasteiger charge is 2.29. The van der Waals surface area contributed by atoms with Crippen LogP contribution >= 0.6 is 0 Å². The van der Waals surface area contributed by atoms with Gasteiger partial charge in [-0.1, -0.05) is 44.5 Å². The second-order valence-corrected chi connectivity index (χ2v) is 7.88. The van der Waals surface area contributed by atoms with Crippen molar-refractivity contribution in [3.8, 4) is 0 Å². The lowest BCUT2D eigenvalue weighted by atomic mass is 9.94. The van der Waals surface area contributed by atoms with E-state index in [0.717, 1.165) is 30.6 Å². The van der Waals surface area contributed by atoms with E-state index in [0.29, 0.717) is 19.5 Å². The van der Waals surface area contributed by atoms with Crippen molar-refractivity contribution in [2.75, 3.05) is 26.2 Å². The van der Waals surface area contributed by atoms with Gasteiger partial charge in [-0.25, -0.2) is 0 Å². The molecule has 1 aromatic carbocycles. The van der Waals surface area contributed by atoms with Crippen LogP contribution in [0.15, 0.2) is 18.2 Å². The van der Waals surface area contributed by atoms with Crippen molar-refractivity contribution in [1.29, 1.82) is 0 Å². The average Bonchev–Trinajstić information content (AvgIpc) is 2.75. The first-order valence-corrected chi connectivity index (χ1v) is 8.82. The molecule has 0 spiro atoms. The van der Waals surface area contributed by atoms with Crippen LogP contribution in [0.25, 0.3) is 0 Å². The minimum atomic E-state index is -0.363. The van der Waals surface area contributed by atoms with Crippen molar-refractivity contribution >= 4 is 11.8 Å². The van der Waals surface area contributed by atoms with Gasteiger partial charge in [0, 0.05) is 31.6 Å². The molecule has 2 amide bonds. The zero-order chi connectivity index (χ0) is 17.9. The molecule has 1 saturated heterocycles. The number of nitrogens with zero attached hydrogens (tertiary/aromatic N) is 2. The van der Waals surface area contributed by atoms with Gasteiger partial charge in [-0.2, -0.15) is 0 Å². The maximum Gasteiger partial charge on any atom is 0.228 e. The van der Waals surface area contributed by atoms with Crippen molar-refractivity contribution in [2.24, 2.45) is 5.41 Å². The lowest BCUT2D eigenvalue weighted by Gasteiger charge is -2.28. The molecule has 0 bridgehead atoms. The second-order valence-electron chi connectivity index (χ2n) is 7.88. The highest BCUT2D eigenvalue weighted by Crippen LogP contribution is 2.19. The summed E-state index contributed by atoms with van der Waals surface area (Å²) in [6, 6.07) is 6.25. The first kappa shape index (κ1) is 18.5. The van der Waals surface area contributed by atoms with Crippen molar-refractivity contribution in [3.05, 3.63) is 34.9 Å². The largest absolute Gasteiger partial charge is 0.341 e. The molecule has 1 aliphatic rings. The smallest absolute Gasteiger partial charge is 0.228 e. The number of aryl methyl sites for hydroxylation is 2. The lowest BCUT2D eigenvalue weighted by molar-refractivity contribution is -0.139. The number of benzene rings is 1. The van der Waals surface area contributed by atoms with Crippen molar-refractivity contribution in [2.45, 2.75) is 47.5 Å². The lowest BCUT2D eigenvalue weighted by Crippen LogP contribution is -2.42. The molecule has 2 rings (SSSR count). The molecule has 24 heavy (non-hydrogen) atoms. The summed E-state index contributed by atoms with van der Waals surface area (Å²) < 4.78 is 0. The SMILES string of the molecule is Cc1ccc(C)c(CC(=O)N2CCCN(C(=O)C(C)(C)C)CC2)c1. The fraction of sp³-hybridized carbons (Fsp3) is 0.600. The van der Waals surface area contributed by atoms with E-state index in [1.54, 1.807) is 0 Å². The monoisotopic (exact) mass is 330 g/mol. The molecular weight excluding hydrogens is 300 g/mol. The number of hydrogen-bond acceptors (Lipinski definition) is 2. The van der Waals surface area contributed by atoms with Crippen LogP contribution in [0.5, 0.6) is 0 Å². The fourth-order valence-corrected chi connectivity index (χ4v) is 3.11. The standard InChI is InChI=1S/C20H30N2O2/c1-15-7-8-16(2)17(13-15)14-18(23)21-9-6-10-22(12-11-21)19(24)20(3,4)5/h7-8,13H,6,9-12,14H2,1-5H3. The van der Waals surface area contributed by atoms with E-state index in [-0.39, 0.29) is 17.2 Å². The van der Waals surface area contributed by atoms with E-state index >= 15 is 0 Å². The van der Waals surface area contributed by atoms with Crippen LogP contribution in [-0.2, 0) is 16.0 Å². The van der Waals surface area contributed by atoms with Crippen LogP contribution in [0, 0.1) is 19.3 Å². The van der Waals surface area contributed by atoms with E-state index in [2.05, 4.69) is 25.1 Å². The van der Waals surface area contributed by atoms with Gasteiger partial charge in [0.05, 0.1) is 6.42 Å². The third-order valence-corrected chi connectivity index (χ3v) is 4.62. The van der Waals surface area contributed by atoms with E-state index in [1.807, 2.05) is 37.5 Å². The third kappa shape index (κ3) is 4.59. The zero-order valence-corrected chi connectivity index (χ0v) is 15.7. The Morgan fingerprint density at radius 1 is 1.00 bits per heavy atom. The minimum absolute atomic E-state index is 0.161. The highest BCUT2D eigenvalue weighted by atomic mass is 16.2. The quantitative estimate of drug-likeness (QED) is 0.836. The number of carbonyl (C=O) groups is 2. The van der Waals surface area contributed by atoms with Crippen LogP contribution in [0.1, 0.15) is 43.9 Å². The summed E-state index contributed by atoms with van der Waals surface area (Å²) in [5, 5.41) is 0. The van der Waals surface area contributed by atoms with Gasteiger partial charge in [-0.15, -0.1) is 0 Å². The predicted octanol–water partition coefficient (Wildman–Crippen LogP) is 2.95. The van der Waals surface area contributed by atoms with Gasteiger partial charge in [-0.05, 0) is 31.4 Å². The maximum atomic E-state index is 12.7. The summed E-state index contributed by atoms with van der Waals surface area (Å²) in [5.74, 6) is 0.333. The molecule has 0 N–H and O–H groups in total. The van der Waals surface area contributed by atoms with E-state index in [1.165, 1.54) is 5.56 Å². The Bertz CT molecular complexity index is 617. The predicted molar refractivity (Wildman–Crippen MR) is 96.9 cm³/mol. The molecule has 1 aromatic rings. The Kier molecular flexibility index (Phi) is 5.68. The molecule has 4 heteroatoms. The number of hydrogen-bond donors (Lipinski definition) is 0. The van der Waals surface area contributed by atoms with Gasteiger partial charge in [0.1, 0.15) is 0 Å². The van der Waals surface area contributed by atoms with Gasteiger partial charge in [-0.3, -0.25) is 9.59 Å². The highest BCUT2D eigenvalue weighted by molar-refractivity contribution is 5.82. The molecule has 132 valence electrons. The Morgan fingerprint density at radius 3 is 2.29 bits per heavy atom. The van der Waals surface area contributed by atoms with Gasteiger partial charge >= 0.3 is 0 Å². The molecule has 4 nitrogen and oxygen atoms in total. The summed E-state index contributed by atoms with van der Waals surface area (Å²) in [7, 11) is 0. The van der Waals surface area contributed by atoms with E-state index in [9.17, 15) is 9.59 Å². The first-order valence-electron chi connectivity index (χ1n) is 8.82. The number of rotatable bonds is 2. The van der Waals surface area contributed by atoms with Crippen LogP contribution in [0.2, 0.25) is 0 Å². The van der Waals surface area contributed by atoms with Gasteiger partial charge in [0.25, 0.3) is 0 Å². The van der Waals surface area contributed by atoms with E-state index in [4.69, 9.17) is 0 Å². The van der Waals surface area contributed by atoms with Crippen LogP contribution in [-0.4, -0.2) is 47.8 Å². The third-order valence-electron chi connectivity index (χ3n) is 4.62. The van der Waals surface area contributed by atoms with Gasteiger partial charge in [0.15, 0.2) is 0 Å². The Balaban J connectivity index is 1.99. The van der Waals surface area contributed by atoms with Gasteiger partial charge < -0.3 is 9.80 Å². The summed E-state index contributed by atoms with van der Waals surface area (Å²) in [6.07, 6.45) is 1.29. The Morgan fingerprint density at radius 2 is 1.62 bits per heavy atom. The van der Waals surface area contributed by atoms with Crippen LogP contribution < -0.4 is 0 Å². The summed E-state index contributed by atoms with van der Waals surface area (Å²) in [6.45, 7) is 12.7. The molecule has 0 aromatic heterocycles. The minimum Gasteiger partial charge on any atom is -0.341 e. The summed E-state index contributed by atoms with van der Waals surface area (Å²) in [4.78, 5) is 28.9. The molecule has 0 atom stereocenters. The van der Waals surface area contributed by atoms with Crippen molar-refractivity contribution in [1.82, 2.24) is 9.80 Å². The molecular formula is C20H30N2O2. The molecule has 0 aliphatic carbocycles. The van der Waals surface area contributed by atoms with Crippen LogP contribution in [0.3, 0.4) is 0 Å². The first-order chi connectivity index (χ1) is 11.2. The second kappa shape index (κ2) is 7.37. The Hall–Kier alpha value is -1.84. The fourth-order valence-electron chi connectivity index (χ4n) is 3.11. The number of carbonyl (C=O) groups excluding carboxylic acids is 2. The Labute approximate surface area is 145 Å². The molecule has 0 radical (unpaired) electrons. The molecule has 1 fully saturated rings. The van der Waals surface area contributed by atoms with Crippen molar-refractivity contribution < 1.29 is 9.59 Å².